The van der Waals surface area contributed by atoms with Gasteiger partial charge in [-0.05, 0) is 24.1 Å². The molecule has 0 saturated heterocycles. The van der Waals surface area contributed by atoms with E-state index in [9.17, 15) is 18.0 Å². The summed E-state index contributed by atoms with van der Waals surface area (Å²) in [5.74, 6) is 0.105. The summed E-state index contributed by atoms with van der Waals surface area (Å²) in [7, 11) is -0.322. The molecule has 8 nitrogen and oxygen atoms in total. The second-order valence-corrected chi connectivity index (χ2v) is 10.0. The summed E-state index contributed by atoms with van der Waals surface area (Å²) < 4.78 is 32.4. The number of pyridine rings is 1. The van der Waals surface area contributed by atoms with Gasteiger partial charge in [0.1, 0.15) is 5.52 Å². The Morgan fingerprint density at radius 3 is 2.47 bits per heavy atom. The molecule has 158 valence electrons. The first kappa shape index (κ1) is 20.2. The molecule has 0 bridgehead atoms. The van der Waals surface area contributed by atoms with Gasteiger partial charge in [0, 0.05) is 49.3 Å². The normalized spacial score (nSPS) is 16.8. The molecule has 1 amide bonds. The van der Waals surface area contributed by atoms with Crippen molar-refractivity contribution in [2.45, 2.75) is 24.8 Å². The van der Waals surface area contributed by atoms with Gasteiger partial charge in [-0.25, -0.2) is 8.42 Å². The van der Waals surface area contributed by atoms with Crippen molar-refractivity contribution in [3.63, 3.8) is 0 Å². The third-order valence-electron chi connectivity index (χ3n) is 5.44. The highest BCUT2D eigenvalue weighted by Crippen LogP contribution is 2.45. The fourth-order valence-electron chi connectivity index (χ4n) is 3.77. The second-order valence-electron chi connectivity index (χ2n) is 8.00. The van der Waals surface area contributed by atoms with Crippen molar-refractivity contribution in [3.05, 3.63) is 40.9 Å². The van der Waals surface area contributed by atoms with Crippen LogP contribution in [-0.2, 0) is 21.7 Å². The lowest BCUT2D eigenvalue weighted by Gasteiger charge is -2.35. The van der Waals surface area contributed by atoms with Gasteiger partial charge in [-0.1, -0.05) is 13.8 Å². The Morgan fingerprint density at radius 2 is 1.83 bits per heavy atom. The standard InChI is InChI=1S/C21H23N3O5S/c1-11(2)18-21(26)24(4)16-9-12(30(5,27)28)8-14(19(16)29-18)15-10-23(3)20(25)17-13(15)6-7-22-17/h6-11,18,22H,1-5H3. The molecule has 4 rings (SSSR count). The van der Waals surface area contributed by atoms with Gasteiger partial charge in [0.05, 0.1) is 10.6 Å². The monoisotopic (exact) mass is 429 g/mol. The molecule has 1 aliphatic rings. The van der Waals surface area contributed by atoms with E-state index in [4.69, 9.17) is 4.74 Å². The number of sulfone groups is 1. The molecule has 0 aliphatic carbocycles. The number of nitrogens with one attached hydrogen (secondary N) is 1. The van der Waals surface area contributed by atoms with Crippen molar-refractivity contribution in [3.8, 4) is 16.9 Å². The van der Waals surface area contributed by atoms with E-state index in [-0.39, 0.29) is 22.3 Å². The van der Waals surface area contributed by atoms with Gasteiger partial charge in [0.15, 0.2) is 21.7 Å². The highest BCUT2D eigenvalue weighted by molar-refractivity contribution is 7.90. The van der Waals surface area contributed by atoms with Crippen molar-refractivity contribution < 1.29 is 17.9 Å². The first-order chi connectivity index (χ1) is 14.0. The van der Waals surface area contributed by atoms with E-state index in [0.29, 0.717) is 33.5 Å². The van der Waals surface area contributed by atoms with E-state index in [1.165, 1.54) is 15.5 Å². The van der Waals surface area contributed by atoms with Crippen LogP contribution in [0, 0.1) is 5.92 Å². The van der Waals surface area contributed by atoms with E-state index in [1.54, 1.807) is 38.6 Å². The smallest absolute Gasteiger partial charge is 0.274 e. The fourth-order valence-corrected chi connectivity index (χ4v) is 4.42. The quantitative estimate of drug-likeness (QED) is 0.689. The maximum Gasteiger partial charge on any atom is 0.274 e. The molecule has 1 N–H and O–H groups in total. The maximum atomic E-state index is 12.8. The molecule has 0 fully saturated rings. The molecule has 0 spiro atoms. The lowest BCUT2D eigenvalue weighted by molar-refractivity contribution is -0.127. The minimum atomic E-state index is -3.57. The van der Waals surface area contributed by atoms with Crippen LogP contribution in [0.5, 0.6) is 5.75 Å². The molecular formula is C21H23N3O5S. The molecule has 0 saturated carbocycles. The molecule has 1 aromatic carbocycles. The number of aromatic nitrogens is 2. The summed E-state index contributed by atoms with van der Waals surface area (Å²) in [6.45, 7) is 3.78. The number of rotatable bonds is 3. The average molecular weight is 429 g/mol. The second kappa shape index (κ2) is 6.73. The molecule has 1 atom stereocenters. The number of hydrogen-bond acceptors (Lipinski definition) is 5. The van der Waals surface area contributed by atoms with E-state index in [0.717, 1.165) is 6.26 Å². The minimum Gasteiger partial charge on any atom is -0.477 e. The molecule has 2 aromatic heterocycles. The topological polar surface area (TPSA) is 101 Å². The Morgan fingerprint density at radius 1 is 1.13 bits per heavy atom. The van der Waals surface area contributed by atoms with Gasteiger partial charge in [0.25, 0.3) is 11.5 Å². The number of carbonyl (C=O) groups is 1. The van der Waals surface area contributed by atoms with Crippen LogP contribution in [0.4, 0.5) is 5.69 Å². The Kier molecular flexibility index (Phi) is 4.54. The Balaban J connectivity index is 2.11. The number of anilines is 1. The summed E-state index contributed by atoms with van der Waals surface area (Å²) in [5.41, 5.74) is 1.75. The van der Waals surface area contributed by atoms with Crippen molar-refractivity contribution in [1.82, 2.24) is 9.55 Å². The third-order valence-corrected chi connectivity index (χ3v) is 6.53. The van der Waals surface area contributed by atoms with E-state index in [2.05, 4.69) is 4.98 Å². The van der Waals surface area contributed by atoms with Gasteiger partial charge in [-0.15, -0.1) is 0 Å². The number of amides is 1. The van der Waals surface area contributed by atoms with E-state index >= 15 is 0 Å². The van der Waals surface area contributed by atoms with Crippen LogP contribution in [0.1, 0.15) is 13.8 Å². The van der Waals surface area contributed by atoms with Crippen molar-refractivity contribution >= 4 is 32.3 Å². The number of ether oxygens (including phenoxy) is 1. The van der Waals surface area contributed by atoms with Crippen LogP contribution in [0.15, 0.2) is 40.3 Å². The fraction of sp³-hybridized carbons (Fsp3) is 0.333. The number of nitrogens with zero attached hydrogens (tertiary/aromatic N) is 2. The van der Waals surface area contributed by atoms with Crippen molar-refractivity contribution in [2.75, 3.05) is 18.2 Å². The van der Waals surface area contributed by atoms with Crippen LogP contribution < -0.4 is 15.2 Å². The molecule has 1 unspecified atom stereocenters. The van der Waals surface area contributed by atoms with Gasteiger partial charge in [-0.3, -0.25) is 9.59 Å². The molecule has 1 aliphatic heterocycles. The first-order valence-electron chi connectivity index (χ1n) is 9.50. The number of aryl methyl sites for hydroxylation is 1. The van der Waals surface area contributed by atoms with Crippen LogP contribution in [0.2, 0.25) is 0 Å². The number of benzene rings is 1. The Hall–Kier alpha value is -3.07. The third kappa shape index (κ3) is 3.00. The first-order valence-corrected chi connectivity index (χ1v) is 11.4. The van der Waals surface area contributed by atoms with Gasteiger partial charge >= 0.3 is 0 Å². The summed E-state index contributed by atoms with van der Waals surface area (Å²) in [5, 5.41) is 0.648. The van der Waals surface area contributed by atoms with Crippen molar-refractivity contribution in [1.29, 1.82) is 0 Å². The number of hydrogen-bond donors (Lipinski definition) is 1. The summed E-state index contributed by atoms with van der Waals surface area (Å²) in [6, 6.07) is 4.77. The lowest BCUT2D eigenvalue weighted by Crippen LogP contribution is -2.46. The molecule has 0 radical (unpaired) electrons. The Labute approximate surface area is 174 Å². The molecule has 30 heavy (non-hydrogen) atoms. The van der Waals surface area contributed by atoms with E-state index < -0.39 is 15.9 Å². The predicted octanol–water partition coefficient (Wildman–Crippen LogP) is 2.32. The number of aromatic amines is 1. The molecule has 3 heterocycles. The number of fused-ring (bicyclic) bond motifs is 2. The minimum absolute atomic E-state index is 0.0695. The van der Waals surface area contributed by atoms with Crippen molar-refractivity contribution in [2.24, 2.45) is 13.0 Å². The molecular weight excluding hydrogens is 406 g/mol. The van der Waals surface area contributed by atoms with E-state index in [1.807, 2.05) is 13.8 Å². The Bertz CT molecular complexity index is 1350. The van der Waals surface area contributed by atoms with Crippen LogP contribution in [-0.4, -0.2) is 43.3 Å². The summed E-state index contributed by atoms with van der Waals surface area (Å²) >= 11 is 0. The SMILES string of the molecule is CC(C)C1Oc2c(-c3cn(C)c(=O)c4[nH]ccc34)cc(S(C)(=O)=O)cc2N(C)C1=O. The van der Waals surface area contributed by atoms with Gasteiger partial charge < -0.3 is 19.2 Å². The average Bonchev–Trinajstić information content (AvgIpc) is 3.16. The number of carbonyl (C=O) groups excluding carboxylic acids is 1. The highest BCUT2D eigenvalue weighted by Gasteiger charge is 2.37. The molecule has 9 heteroatoms. The zero-order chi connectivity index (χ0) is 22.0. The zero-order valence-corrected chi connectivity index (χ0v) is 18.2. The van der Waals surface area contributed by atoms with Crippen LogP contribution in [0.3, 0.4) is 0 Å². The largest absolute Gasteiger partial charge is 0.477 e. The van der Waals surface area contributed by atoms with Gasteiger partial charge in [-0.2, -0.15) is 0 Å². The highest BCUT2D eigenvalue weighted by atomic mass is 32.2. The number of H-pyrrole nitrogens is 1. The predicted molar refractivity (Wildman–Crippen MR) is 115 cm³/mol. The van der Waals surface area contributed by atoms with Crippen LogP contribution >= 0.6 is 0 Å². The zero-order valence-electron chi connectivity index (χ0n) is 17.4. The maximum absolute atomic E-state index is 12.8. The number of likely N-dealkylation sites (N-methyl/N-ethyl adjacent to an activating group) is 1. The lowest BCUT2D eigenvalue weighted by atomic mass is 9.98. The van der Waals surface area contributed by atoms with Gasteiger partial charge in [0.2, 0.25) is 0 Å². The van der Waals surface area contributed by atoms with Crippen LogP contribution in [0.25, 0.3) is 22.0 Å². The summed E-state index contributed by atoms with van der Waals surface area (Å²) in [6.07, 6.45) is 3.74. The summed E-state index contributed by atoms with van der Waals surface area (Å²) in [4.78, 5) is 29.7. The molecule has 3 aromatic rings.